The van der Waals surface area contributed by atoms with Gasteiger partial charge in [-0.15, -0.1) is 0 Å². The largest absolute Gasteiger partial charge is 0.456 e. The number of hydrogen-bond acceptors (Lipinski definition) is 2. The van der Waals surface area contributed by atoms with Gasteiger partial charge >= 0.3 is 0 Å². The lowest BCUT2D eigenvalue weighted by Crippen LogP contribution is -2.11. The van der Waals surface area contributed by atoms with Crippen molar-refractivity contribution in [3.05, 3.63) is 176 Å². The smallest absolute Gasteiger partial charge is 0.137 e. The van der Waals surface area contributed by atoms with E-state index in [4.69, 9.17) is 4.42 Å². The van der Waals surface area contributed by atoms with Crippen LogP contribution in [0.5, 0.6) is 0 Å². The van der Waals surface area contributed by atoms with Gasteiger partial charge in [-0.2, -0.15) is 0 Å². The monoisotopic (exact) mass is 659 g/mol. The second-order valence-electron chi connectivity index (χ2n) is 14.0. The Morgan fingerprint density at radius 1 is 0.288 bits per heavy atom. The highest BCUT2D eigenvalue weighted by Crippen LogP contribution is 2.50. The maximum Gasteiger partial charge on any atom is 0.137 e. The highest BCUT2D eigenvalue weighted by atomic mass is 16.3. The number of nitrogens with zero attached hydrogens (tertiary/aromatic N) is 1. The van der Waals surface area contributed by atoms with Crippen molar-refractivity contribution in [2.75, 3.05) is 4.90 Å². The summed E-state index contributed by atoms with van der Waals surface area (Å²) in [6.07, 6.45) is 0. The lowest BCUT2D eigenvalue weighted by atomic mass is 9.87. The van der Waals surface area contributed by atoms with Crippen molar-refractivity contribution in [1.29, 1.82) is 0 Å². The molecule has 0 amide bonds. The van der Waals surface area contributed by atoms with Crippen molar-refractivity contribution >= 4 is 114 Å². The van der Waals surface area contributed by atoms with Gasteiger partial charge in [0.25, 0.3) is 0 Å². The molecule has 240 valence electrons. The number of furan rings is 1. The van der Waals surface area contributed by atoms with Gasteiger partial charge in [-0.1, -0.05) is 140 Å². The zero-order chi connectivity index (χ0) is 33.9. The molecule has 1 heterocycles. The quantitative estimate of drug-likeness (QED) is 0.176. The number of rotatable bonds is 3. The van der Waals surface area contributed by atoms with Crippen molar-refractivity contribution in [2.24, 2.45) is 0 Å². The second-order valence-corrected chi connectivity index (χ2v) is 14.0. The standard InChI is InChI=1S/C50H29NO/c1-2-11-33-28-35(27-26-30(33)10-1)51(42-21-9-23-45-50(42)41-15-3-4-22-44(41)52-45)43-29-34-14-7-18-37-36-16-5-12-31-24-25-32-13-6-17-38(47(32)46(31)36)39-19-8-20-40(43)49(39)48(34)37/h1-29H. The van der Waals surface area contributed by atoms with Crippen molar-refractivity contribution in [3.8, 4) is 0 Å². The lowest BCUT2D eigenvalue weighted by molar-refractivity contribution is 0.669. The van der Waals surface area contributed by atoms with E-state index >= 15 is 0 Å². The Morgan fingerprint density at radius 3 is 1.58 bits per heavy atom. The fourth-order valence-corrected chi connectivity index (χ4v) is 9.13. The van der Waals surface area contributed by atoms with E-state index in [-0.39, 0.29) is 0 Å². The first kappa shape index (κ1) is 27.9. The number of para-hydroxylation sites is 1. The molecule has 0 saturated heterocycles. The van der Waals surface area contributed by atoms with E-state index in [1.165, 1.54) is 75.4 Å². The van der Waals surface area contributed by atoms with Crippen molar-refractivity contribution in [1.82, 2.24) is 0 Å². The zero-order valence-electron chi connectivity index (χ0n) is 28.1. The zero-order valence-corrected chi connectivity index (χ0v) is 28.1. The van der Waals surface area contributed by atoms with E-state index in [2.05, 4.69) is 175 Å². The van der Waals surface area contributed by atoms with Gasteiger partial charge in [0.15, 0.2) is 0 Å². The highest BCUT2D eigenvalue weighted by molar-refractivity contribution is 6.38. The fourth-order valence-electron chi connectivity index (χ4n) is 9.13. The van der Waals surface area contributed by atoms with E-state index in [9.17, 15) is 0 Å². The topological polar surface area (TPSA) is 16.4 Å². The van der Waals surface area contributed by atoms with Crippen LogP contribution in [0.2, 0.25) is 0 Å². The van der Waals surface area contributed by atoms with Crippen LogP contribution in [0.15, 0.2) is 180 Å². The fraction of sp³-hybridized carbons (Fsp3) is 0. The molecular weight excluding hydrogens is 631 g/mol. The van der Waals surface area contributed by atoms with Crippen LogP contribution in [0.25, 0.3) is 97.3 Å². The van der Waals surface area contributed by atoms with Crippen LogP contribution in [0.4, 0.5) is 17.1 Å². The van der Waals surface area contributed by atoms with E-state index in [1.54, 1.807) is 0 Å². The summed E-state index contributed by atoms with van der Waals surface area (Å²) < 4.78 is 6.48. The minimum absolute atomic E-state index is 0.878. The molecule has 2 heteroatoms. The second kappa shape index (κ2) is 10.3. The summed E-state index contributed by atoms with van der Waals surface area (Å²) in [4.78, 5) is 2.47. The van der Waals surface area contributed by atoms with E-state index in [0.717, 1.165) is 39.0 Å². The van der Waals surface area contributed by atoms with Crippen LogP contribution in [-0.2, 0) is 0 Å². The Bertz CT molecular complexity index is 3420. The average molecular weight is 660 g/mol. The molecule has 0 aliphatic rings. The summed E-state index contributed by atoms with van der Waals surface area (Å²) in [5, 5.41) is 19.9. The number of anilines is 3. The van der Waals surface area contributed by atoms with Gasteiger partial charge in [0.05, 0.1) is 16.8 Å². The Hall–Kier alpha value is -6.90. The number of benzene rings is 10. The molecule has 0 unspecified atom stereocenters. The Balaban J connectivity index is 1.31. The van der Waals surface area contributed by atoms with Crippen LogP contribution in [-0.4, -0.2) is 0 Å². The minimum atomic E-state index is 0.878. The van der Waals surface area contributed by atoms with Crippen LogP contribution in [0.1, 0.15) is 0 Å². The molecule has 2 nitrogen and oxygen atoms in total. The predicted octanol–water partition coefficient (Wildman–Crippen LogP) is 14.6. The van der Waals surface area contributed by atoms with Gasteiger partial charge < -0.3 is 9.32 Å². The first-order valence-corrected chi connectivity index (χ1v) is 17.9. The third kappa shape index (κ3) is 3.73. The molecule has 12 aromatic rings. The molecule has 0 N–H and O–H groups in total. The maximum atomic E-state index is 6.48. The first-order valence-electron chi connectivity index (χ1n) is 17.9. The summed E-state index contributed by atoms with van der Waals surface area (Å²) in [5.74, 6) is 0. The Morgan fingerprint density at radius 2 is 0.808 bits per heavy atom. The molecule has 52 heavy (non-hydrogen) atoms. The molecule has 1 aromatic heterocycles. The molecule has 0 spiro atoms. The summed E-state index contributed by atoms with van der Waals surface area (Å²) in [5.41, 5.74) is 5.09. The number of fused-ring (bicyclic) bond motifs is 6. The highest BCUT2D eigenvalue weighted by Gasteiger charge is 2.24. The van der Waals surface area contributed by atoms with Crippen molar-refractivity contribution in [3.63, 3.8) is 0 Å². The van der Waals surface area contributed by atoms with Crippen LogP contribution in [0.3, 0.4) is 0 Å². The molecule has 0 aliphatic heterocycles. The van der Waals surface area contributed by atoms with Crippen LogP contribution in [0, 0.1) is 0 Å². The van der Waals surface area contributed by atoms with Gasteiger partial charge in [0.1, 0.15) is 11.2 Å². The van der Waals surface area contributed by atoms with E-state index in [0.29, 0.717) is 0 Å². The first-order chi connectivity index (χ1) is 25.8. The lowest BCUT2D eigenvalue weighted by Gasteiger charge is -2.29. The van der Waals surface area contributed by atoms with Gasteiger partial charge in [-0.05, 0) is 101 Å². The normalized spacial score (nSPS) is 12.2. The van der Waals surface area contributed by atoms with Gasteiger partial charge in [0.2, 0.25) is 0 Å². The van der Waals surface area contributed by atoms with Crippen molar-refractivity contribution in [2.45, 2.75) is 0 Å². The SMILES string of the molecule is c1ccc2cc(N(c3cc4cccc5c6cccc7ccc8cccc(c9cccc3c9c45)c8c76)c3cccc4oc5ccccc5c34)ccc2c1. The van der Waals surface area contributed by atoms with Gasteiger partial charge in [-0.25, -0.2) is 0 Å². The summed E-state index contributed by atoms with van der Waals surface area (Å²) >= 11 is 0. The predicted molar refractivity (Wildman–Crippen MR) is 222 cm³/mol. The molecule has 12 rings (SSSR count). The Labute approximate surface area is 298 Å². The third-order valence-electron chi connectivity index (χ3n) is 11.3. The summed E-state index contributed by atoms with van der Waals surface area (Å²) in [7, 11) is 0. The van der Waals surface area contributed by atoms with E-state index < -0.39 is 0 Å². The maximum absolute atomic E-state index is 6.48. The third-order valence-corrected chi connectivity index (χ3v) is 11.3. The Kier molecular flexibility index (Phi) is 5.53. The molecule has 0 fully saturated rings. The number of hydrogen-bond donors (Lipinski definition) is 0. The average Bonchev–Trinajstić information content (AvgIpc) is 3.59. The minimum Gasteiger partial charge on any atom is -0.456 e. The molecule has 0 atom stereocenters. The molecular formula is C50H29NO. The summed E-state index contributed by atoms with van der Waals surface area (Å²) in [6.45, 7) is 0. The molecule has 0 bridgehead atoms. The van der Waals surface area contributed by atoms with Gasteiger partial charge in [0, 0.05) is 21.8 Å². The van der Waals surface area contributed by atoms with Gasteiger partial charge in [-0.3, -0.25) is 0 Å². The van der Waals surface area contributed by atoms with Crippen LogP contribution >= 0.6 is 0 Å². The summed E-state index contributed by atoms with van der Waals surface area (Å²) in [6, 6.07) is 64.6. The molecule has 0 radical (unpaired) electrons. The van der Waals surface area contributed by atoms with E-state index in [1.807, 2.05) is 6.07 Å². The molecule has 0 aliphatic carbocycles. The molecule has 11 aromatic carbocycles. The van der Waals surface area contributed by atoms with Crippen LogP contribution < -0.4 is 4.90 Å². The van der Waals surface area contributed by atoms with Crippen molar-refractivity contribution < 1.29 is 4.42 Å². The molecule has 0 saturated carbocycles.